The summed E-state index contributed by atoms with van der Waals surface area (Å²) in [6.07, 6.45) is 2.42. The molecule has 0 aromatic carbocycles. The molecule has 0 aliphatic rings. The second-order valence-electron chi connectivity index (χ2n) is 6.54. The molecule has 28 heavy (non-hydrogen) atoms. The minimum Gasteiger partial charge on any atom is -0.481 e. The smallest absolute Gasteiger partial charge is 0.312 e. The maximum atomic E-state index is 12.1. The zero-order valence-electron chi connectivity index (χ0n) is 17.8. The fourth-order valence-corrected chi connectivity index (χ4v) is 2.87. The van der Waals surface area contributed by atoms with Crippen LogP contribution >= 0.6 is 0 Å². The van der Waals surface area contributed by atoms with Gasteiger partial charge in [-0.05, 0) is 39.5 Å². The third-order valence-corrected chi connectivity index (χ3v) is 4.28. The zero-order chi connectivity index (χ0) is 21.4. The maximum absolute atomic E-state index is 12.1. The number of aliphatic carboxylic acids is 2. The number of unbranched alkanes of at least 4 members (excludes halogenated alkanes) is 2. The molecule has 8 heteroatoms. The van der Waals surface area contributed by atoms with Crippen LogP contribution in [0.3, 0.4) is 0 Å². The van der Waals surface area contributed by atoms with E-state index in [1.165, 1.54) is 0 Å². The normalized spacial score (nSPS) is 15.7. The van der Waals surface area contributed by atoms with Gasteiger partial charge in [-0.2, -0.15) is 0 Å². The van der Waals surface area contributed by atoms with Crippen LogP contribution in [-0.4, -0.2) is 60.7 Å². The lowest BCUT2D eigenvalue weighted by Crippen LogP contribution is -2.58. The van der Waals surface area contributed by atoms with Gasteiger partial charge in [0.25, 0.3) is 0 Å². The molecule has 0 aromatic heterocycles. The first-order chi connectivity index (χ1) is 13.4. The molecule has 8 nitrogen and oxygen atoms in total. The molecule has 3 atom stereocenters. The van der Waals surface area contributed by atoms with Gasteiger partial charge in [0.2, 0.25) is 12.1 Å². The average molecular weight is 407 g/mol. The summed E-state index contributed by atoms with van der Waals surface area (Å²) in [6.45, 7) is 8.75. The monoisotopic (exact) mass is 406 g/mol. The van der Waals surface area contributed by atoms with Gasteiger partial charge < -0.3 is 29.2 Å². The number of ether oxygens (including phenoxy) is 4. The van der Waals surface area contributed by atoms with E-state index in [1.54, 1.807) is 13.8 Å². The standard InChI is InChI=1S/C20H38O8/c1-5-9-14-26-19(25-7-3)20(27-8-4,28-15-10-6-2)16(18(23)24)12-11-13-17(21)22/h16,19H,5-15H2,1-4H3,(H,21,22)(H,23,24). The van der Waals surface area contributed by atoms with Crippen molar-refractivity contribution in [3.05, 3.63) is 0 Å². The summed E-state index contributed by atoms with van der Waals surface area (Å²) in [5, 5.41) is 18.8. The number of hydrogen-bond acceptors (Lipinski definition) is 6. The van der Waals surface area contributed by atoms with E-state index in [1.807, 2.05) is 13.8 Å². The number of rotatable bonds is 19. The summed E-state index contributed by atoms with van der Waals surface area (Å²) >= 11 is 0. The zero-order valence-corrected chi connectivity index (χ0v) is 17.8. The number of carboxylic acid groups (broad SMARTS) is 2. The first-order valence-electron chi connectivity index (χ1n) is 10.3. The maximum Gasteiger partial charge on any atom is 0.312 e. The van der Waals surface area contributed by atoms with Crippen LogP contribution in [0, 0.1) is 5.92 Å². The molecule has 0 aliphatic heterocycles. The van der Waals surface area contributed by atoms with Crippen LogP contribution in [0.25, 0.3) is 0 Å². The summed E-state index contributed by atoms with van der Waals surface area (Å²) in [5.41, 5.74) is 0. The predicted molar refractivity (Wildman–Crippen MR) is 104 cm³/mol. The van der Waals surface area contributed by atoms with Crippen molar-refractivity contribution in [1.82, 2.24) is 0 Å². The Bertz CT molecular complexity index is 428. The van der Waals surface area contributed by atoms with E-state index in [9.17, 15) is 14.7 Å². The highest BCUT2D eigenvalue weighted by molar-refractivity contribution is 5.71. The minimum absolute atomic E-state index is 0.0778. The Balaban J connectivity index is 5.83. The first-order valence-corrected chi connectivity index (χ1v) is 10.3. The number of carboxylic acids is 2. The number of hydrogen-bond donors (Lipinski definition) is 2. The van der Waals surface area contributed by atoms with Crippen molar-refractivity contribution < 1.29 is 38.7 Å². The van der Waals surface area contributed by atoms with Gasteiger partial charge in [0.05, 0.1) is 6.61 Å². The topological polar surface area (TPSA) is 112 Å². The fourth-order valence-electron chi connectivity index (χ4n) is 2.87. The van der Waals surface area contributed by atoms with E-state index in [4.69, 9.17) is 24.1 Å². The second-order valence-corrected chi connectivity index (χ2v) is 6.54. The van der Waals surface area contributed by atoms with E-state index in [0.29, 0.717) is 19.8 Å². The van der Waals surface area contributed by atoms with Crippen molar-refractivity contribution in [2.75, 3.05) is 26.4 Å². The van der Waals surface area contributed by atoms with Crippen LogP contribution in [-0.2, 0) is 28.5 Å². The molecule has 166 valence electrons. The Morgan fingerprint density at radius 1 is 0.857 bits per heavy atom. The van der Waals surface area contributed by atoms with Crippen molar-refractivity contribution in [2.45, 2.75) is 84.7 Å². The van der Waals surface area contributed by atoms with E-state index < -0.39 is 29.9 Å². The molecule has 0 fully saturated rings. The van der Waals surface area contributed by atoms with Crippen LogP contribution in [0.15, 0.2) is 0 Å². The molecule has 2 N–H and O–H groups in total. The van der Waals surface area contributed by atoms with E-state index in [-0.39, 0.29) is 25.9 Å². The molecule has 0 saturated heterocycles. The van der Waals surface area contributed by atoms with Crippen molar-refractivity contribution in [3.8, 4) is 0 Å². The van der Waals surface area contributed by atoms with Crippen molar-refractivity contribution in [3.63, 3.8) is 0 Å². The van der Waals surface area contributed by atoms with Gasteiger partial charge in [0, 0.05) is 26.2 Å². The highest BCUT2D eigenvalue weighted by atomic mass is 16.8. The molecule has 0 bridgehead atoms. The Morgan fingerprint density at radius 3 is 2.00 bits per heavy atom. The fraction of sp³-hybridized carbons (Fsp3) is 0.900. The molecular weight excluding hydrogens is 368 g/mol. The summed E-state index contributed by atoms with van der Waals surface area (Å²) in [5.74, 6) is -4.86. The van der Waals surface area contributed by atoms with Crippen LogP contribution in [0.5, 0.6) is 0 Å². The van der Waals surface area contributed by atoms with Crippen LogP contribution < -0.4 is 0 Å². The highest BCUT2D eigenvalue weighted by Gasteiger charge is 2.53. The van der Waals surface area contributed by atoms with Gasteiger partial charge >= 0.3 is 11.9 Å². The van der Waals surface area contributed by atoms with Crippen LogP contribution in [0.4, 0.5) is 0 Å². The largest absolute Gasteiger partial charge is 0.481 e. The van der Waals surface area contributed by atoms with Gasteiger partial charge in [0.1, 0.15) is 5.92 Å². The lowest BCUT2D eigenvalue weighted by Gasteiger charge is -2.42. The summed E-state index contributed by atoms with van der Waals surface area (Å²) < 4.78 is 23.6. The Hall–Kier alpha value is -1.22. The van der Waals surface area contributed by atoms with Gasteiger partial charge in [-0.15, -0.1) is 0 Å². The van der Waals surface area contributed by atoms with Gasteiger partial charge in [-0.3, -0.25) is 9.59 Å². The van der Waals surface area contributed by atoms with E-state index in [2.05, 4.69) is 0 Å². The van der Waals surface area contributed by atoms with Gasteiger partial charge in [0.15, 0.2) is 0 Å². The Kier molecular flexibility index (Phi) is 15.0. The molecule has 0 spiro atoms. The Morgan fingerprint density at radius 2 is 1.50 bits per heavy atom. The lowest BCUT2D eigenvalue weighted by atomic mass is 9.91. The average Bonchev–Trinajstić information content (AvgIpc) is 2.64. The quantitative estimate of drug-likeness (QED) is 0.247. The second kappa shape index (κ2) is 15.7. The first kappa shape index (κ1) is 26.8. The summed E-state index contributed by atoms with van der Waals surface area (Å²) in [4.78, 5) is 23.0. The van der Waals surface area contributed by atoms with Gasteiger partial charge in [-0.1, -0.05) is 26.7 Å². The molecule has 0 amide bonds. The van der Waals surface area contributed by atoms with Crippen molar-refractivity contribution in [1.29, 1.82) is 0 Å². The van der Waals surface area contributed by atoms with Crippen molar-refractivity contribution >= 4 is 11.9 Å². The third-order valence-electron chi connectivity index (χ3n) is 4.28. The molecule has 0 aromatic rings. The summed E-state index contributed by atoms with van der Waals surface area (Å²) in [7, 11) is 0. The minimum atomic E-state index is -1.64. The molecule has 0 rings (SSSR count). The molecule has 0 aliphatic carbocycles. The van der Waals surface area contributed by atoms with E-state index in [0.717, 1.165) is 25.7 Å². The van der Waals surface area contributed by atoms with Gasteiger partial charge in [-0.25, -0.2) is 0 Å². The molecule has 3 unspecified atom stereocenters. The number of carbonyl (C=O) groups is 2. The SMILES string of the molecule is CCCCOC(OCC)C(OCC)(OCCCC)C(CCCC(=O)O)C(=O)O. The lowest BCUT2D eigenvalue weighted by molar-refractivity contribution is -0.369. The molecule has 0 heterocycles. The Labute approximate surface area is 168 Å². The molecular formula is C20H38O8. The summed E-state index contributed by atoms with van der Waals surface area (Å²) in [6, 6.07) is 0. The molecule has 0 saturated carbocycles. The van der Waals surface area contributed by atoms with Crippen LogP contribution in [0.1, 0.15) is 72.6 Å². The third kappa shape index (κ3) is 9.32. The highest BCUT2D eigenvalue weighted by Crippen LogP contribution is 2.35. The molecule has 0 radical (unpaired) electrons. The van der Waals surface area contributed by atoms with Crippen LogP contribution in [0.2, 0.25) is 0 Å². The van der Waals surface area contributed by atoms with E-state index >= 15 is 0 Å². The van der Waals surface area contributed by atoms with Crippen molar-refractivity contribution in [2.24, 2.45) is 5.92 Å². The predicted octanol–water partition coefficient (Wildman–Crippen LogP) is 3.67.